The van der Waals surface area contributed by atoms with Crippen LogP contribution in [0.5, 0.6) is 0 Å². The maximum Gasteiger partial charge on any atom is 0.460 e. The fourth-order valence-electron chi connectivity index (χ4n) is 1.03. The summed E-state index contributed by atoms with van der Waals surface area (Å²) in [7, 11) is 0. The predicted octanol–water partition coefficient (Wildman–Crippen LogP) is 1.69. The molecule has 4 nitrogen and oxygen atoms in total. The van der Waals surface area contributed by atoms with Crippen LogP contribution in [0.1, 0.15) is 6.42 Å². The third-order valence-corrected chi connectivity index (χ3v) is 2.23. The molecule has 0 spiro atoms. The number of halogens is 9. The van der Waals surface area contributed by atoms with E-state index in [1.54, 1.807) is 0 Å². The van der Waals surface area contributed by atoms with Gasteiger partial charge < -0.3 is 14.6 Å². The number of hydrogen-bond acceptors (Lipinski definition) is 4. The van der Waals surface area contributed by atoms with E-state index in [0.717, 1.165) is 0 Å². The lowest BCUT2D eigenvalue weighted by Crippen LogP contribution is -2.61. The summed E-state index contributed by atoms with van der Waals surface area (Å²) in [5.41, 5.74) is 0. The van der Waals surface area contributed by atoms with Crippen LogP contribution in [0.25, 0.3) is 0 Å². The molecule has 134 valence electrons. The van der Waals surface area contributed by atoms with Crippen LogP contribution in [0.3, 0.4) is 0 Å². The molecule has 0 aromatic heterocycles. The van der Waals surface area contributed by atoms with E-state index in [2.05, 4.69) is 4.74 Å². The smallest absolute Gasteiger partial charge is 0.460 e. The number of carboxylic acid groups (broad SMARTS) is 1. The van der Waals surface area contributed by atoms with Crippen LogP contribution < -0.4 is 5.11 Å². The molecular formula is C10H6F9O4-. The van der Waals surface area contributed by atoms with Crippen molar-refractivity contribution in [1.29, 1.82) is 0 Å². The number of carbonyl (C=O) groups is 2. The second-order valence-corrected chi connectivity index (χ2v) is 3.92. The van der Waals surface area contributed by atoms with Crippen LogP contribution in [0, 0.1) is 0 Å². The van der Waals surface area contributed by atoms with Crippen molar-refractivity contribution < 1.29 is 58.9 Å². The summed E-state index contributed by atoms with van der Waals surface area (Å²) >= 11 is 0. The maximum atomic E-state index is 12.9. The molecule has 23 heavy (non-hydrogen) atoms. The average molecular weight is 361 g/mol. The van der Waals surface area contributed by atoms with Crippen molar-refractivity contribution in [1.82, 2.24) is 0 Å². The first-order valence-corrected chi connectivity index (χ1v) is 5.32. The standard InChI is InChI=1S/C10H7F9O4/c11-7(12,3-4-23-6(22)2-1-5(20)21)8(13,14)9(15,16)10(17,18)19/h1-2H,3-4H2,(H,20,21)/p-1/b2-1-. The maximum absolute atomic E-state index is 12.9. The van der Waals surface area contributed by atoms with Gasteiger partial charge in [-0.05, 0) is 6.08 Å². The molecule has 0 aliphatic rings. The van der Waals surface area contributed by atoms with Crippen molar-refractivity contribution in [3.8, 4) is 0 Å². The topological polar surface area (TPSA) is 66.4 Å². The van der Waals surface area contributed by atoms with Gasteiger partial charge in [-0.15, -0.1) is 0 Å². The number of carboxylic acids is 1. The number of ether oxygens (including phenoxy) is 1. The van der Waals surface area contributed by atoms with Crippen molar-refractivity contribution in [2.75, 3.05) is 6.61 Å². The SMILES string of the molecule is O=C([O-])/C=C\C(=O)OCCC(F)(F)C(F)(F)C(F)(F)C(F)(F)F. The highest BCUT2D eigenvalue weighted by Gasteiger charge is 2.81. The molecule has 0 aliphatic carbocycles. The van der Waals surface area contributed by atoms with E-state index < -0.39 is 48.9 Å². The zero-order valence-corrected chi connectivity index (χ0v) is 10.6. The number of esters is 1. The van der Waals surface area contributed by atoms with Gasteiger partial charge >= 0.3 is 29.9 Å². The van der Waals surface area contributed by atoms with Gasteiger partial charge in [0, 0.05) is 6.08 Å². The van der Waals surface area contributed by atoms with Gasteiger partial charge in [0.1, 0.15) is 0 Å². The third kappa shape index (κ3) is 4.76. The van der Waals surface area contributed by atoms with Crippen LogP contribution >= 0.6 is 0 Å². The first-order chi connectivity index (χ1) is 10.1. The molecule has 0 saturated carbocycles. The van der Waals surface area contributed by atoms with Crippen LogP contribution in [0.2, 0.25) is 0 Å². The lowest BCUT2D eigenvalue weighted by atomic mass is 10.0. The minimum absolute atomic E-state index is 0.0763. The van der Waals surface area contributed by atoms with Crippen molar-refractivity contribution in [2.24, 2.45) is 0 Å². The molecular weight excluding hydrogens is 355 g/mol. The largest absolute Gasteiger partial charge is 0.545 e. The summed E-state index contributed by atoms with van der Waals surface area (Å²) in [6.45, 7) is -1.67. The Kier molecular flexibility index (Phi) is 6.10. The van der Waals surface area contributed by atoms with Gasteiger partial charge in [0.05, 0.1) is 19.0 Å². The van der Waals surface area contributed by atoms with E-state index in [4.69, 9.17) is 0 Å². The fourth-order valence-corrected chi connectivity index (χ4v) is 1.03. The highest BCUT2D eigenvalue weighted by molar-refractivity contribution is 5.89. The van der Waals surface area contributed by atoms with Crippen molar-refractivity contribution in [3.05, 3.63) is 12.2 Å². The lowest BCUT2D eigenvalue weighted by Gasteiger charge is -2.33. The summed E-state index contributed by atoms with van der Waals surface area (Å²) in [5, 5.41) is 9.86. The van der Waals surface area contributed by atoms with Gasteiger partial charge in [-0.2, -0.15) is 39.5 Å². The van der Waals surface area contributed by atoms with Gasteiger partial charge in [0.2, 0.25) is 0 Å². The van der Waals surface area contributed by atoms with E-state index in [-0.39, 0.29) is 12.2 Å². The van der Waals surface area contributed by atoms with Gasteiger partial charge in [-0.3, -0.25) is 0 Å². The second-order valence-electron chi connectivity index (χ2n) is 3.92. The molecule has 0 rings (SSSR count). The monoisotopic (exact) mass is 361 g/mol. The summed E-state index contributed by atoms with van der Waals surface area (Å²) in [6, 6.07) is 0. The Morgan fingerprint density at radius 1 is 0.870 bits per heavy atom. The zero-order valence-electron chi connectivity index (χ0n) is 10.6. The van der Waals surface area contributed by atoms with Crippen molar-refractivity contribution in [3.63, 3.8) is 0 Å². The lowest BCUT2D eigenvalue weighted by molar-refractivity contribution is -0.397. The molecule has 0 aromatic rings. The van der Waals surface area contributed by atoms with Crippen LogP contribution in [-0.4, -0.2) is 42.5 Å². The minimum Gasteiger partial charge on any atom is -0.545 e. The molecule has 0 unspecified atom stereocenters. The third-order valence-electron chi connectivity index (χ3n) is 2.23. The first-order valence-electron chi connectivity index (χ1n) is 5.32. The van der Waals surface area contributed by atoms with Crippen molar-refractivity contribution in [2.45, 2.75) is 30.4 Å². The van der Waals surface area contributed by atoms with E-state index >= 15 is 0 Å². The van der Waals surface area contributed by atoms with Gasteiger partial charge in [0.25, 0.3) is 0 Å². The second kappa shape index (κ2) is 6.66. The highest BCUT2D eigenvalue weighted by atomic mass is 19.4. The van der Waals surface area contributed by atoms with Gasteiger partial charge in [-0.25, -0.2) is 4.79 Å². The highest BCUT2D eigenvalue weighted by Crippen LogP contribution is 2.53. The quantitative estimate of drug-likeness (QED) is 0.393. The van der Waals surface area contributed by atoms with E-state index in [1.807, 2.05) is 0 Å². The molecule has 0 heterocycles. The first kappa shape index (κ1) is 21.0. The number of carbonyl (C=O) groups excluding carboxylic acids is 2. The molecule has 0 fully saturated rings. The summed E-state index contributed by atoms with van der Waals surface area (Å²) < 4.78 is 115. The predicted molar refractivity (Wildman–Crippen MR) is 50.6 cm³/mol. The average Bonchev–Trinajstić information content (AvgIpc) is 2.34. The Morgan fingerprint density at radius 3 is 1.74 bits per heavy atom. The molecule has 0 bridgehead atoms. The Bertz CT molecular complexity index is 481. The van der Waals surface area contributed by atoms with E-state index in [9.17, 15) is 54.2 Å². The summed E-state index contributed by atoms with van der Waals surface area (Å²) in [5.74, 6) is -23.2. The zero-order chi connectivity index (χ0) is 18.7. The normalized spacial score (nSPS) is 14.1. The Hall–Kier alpha value is -1.95. The fraction of sp³-hybridized carbons (Fsp3) is 0.600. The molecule has 0 atom stereocenters. The molecule has 0 amide bonds. The van der Waals surface area contributed by atoms with Gasteiger partial charge in [0.15, 0.2) is 0 Å². The van der Waals surface area contributed by atoms with E-state index in [1.165, 1.54) is 0 Å². The molecule has 0 N–H and O–H groups in total. The molecule has 0 aliphatic heterocycles. The van der Waals surface area contributed by atoms with Crippen molar-refractivity contribution >= 4 is 11.9 Å². The number of rotatable bonds is 7. The molecule has 0 saturated heterocycles. The summed E-state index contributed by atoms with van der Waals surface area (Å²) in [4.78, 5) is 20.5. The summed E-state index contributed by atoms with van der Waals surface area (Å²) in [6.07, 6.45) is -9.10. The van der Waals surface area contributed by atoms with Crippen LogP contribution in [0.4, 0.5) is 39.5 Å². The number of aliphatic carboxylic acids is 1. The Morgan fingerprint density at radius 2 is 1.35 bits per heavy atom. The van der Waals surface area contributed by atoms with E-state index in [0.29, 0.717) is 0 Å². The Labute approximate surface area is 121 Å². The number of hydrogen-bond donors (Lipinski definition) is 0. The molecule has 0 radical (unpaired) electrons. The van der Waals surface area contributed by atoms with Crippen LogP contribution in [0.15, 0.2) is 12.2 Å². The molecule has 0 aromatic carbocycles. The van der Waals surface area contributed by atoms with Crippen LogP contribution in [-0.2, 0) is 14.3 Å². The number of alkyl halides is 9. The molecule has 13 heteroatoms. The minimum atomic E-state index is -7.03. The van der Waals surface area contributed by atoms with Gasteiger partial charge in [-0.1, -0.05) is 0 Å². The Balaban J connectivity index is 4.93.